The van der Waals surface area contributed by atoms with Crippen LogP contribution in [0.3, 0.4) is 0 Å². The highest BCUT2D eigenvalue weighted by molar-refractivity contribution is 5.97. The van der Waals surface area contributed by atoms with Crippen molar-refractivity contribution in [2.24, 2.45) is 0 Å². The lowest BCUT2D eigenvalue weighted by atomic mass is 10.1. The maximum Gasteiger partial charge on any atom is 0.252 e. The van der Waals surface area contributed by atoms with Gasteiger partial charge in [0.1, 0.15) is 0 Å². The predicted molar refractivity (Wildman–Crippen MR) is 99.9 cm³/mol. The van der Waals surface area contributed by atoms with Gasteiger partial charge in [0.05, 0.1) is 24.5 Å². The summed E-state index contributed by atoms with van der Waals surface area (Å²) in [5.41, 5.74) is 4.09. The van der Waals surface area contributed by atoms with Gasteiger partial charge >= 0.3 is 0 Å². The van der Waals surface area contributed by atoms with Crippen LogP contribution in [0.25, 0.3) is 11.3 Å². The summed E-state index contributed by atoms with van der Waals surface area (Å²) in [5.74, 6) is -0.0263. The molecule has 1 aromatic carbocycles. The van der Waals surface area contributed by atoms with Crippen LogP contribution in [0.1, 0.15) is 22.3 Å². The Kier molecular flexibility index (Phi) is 5.89. The molecule has 5 heteroatoms. The van der Waals surface area contributed by atoms with Crippen LogP contribution >= 0.6 is 0 Å². The fourth-order valence-electron chi connectivity index (χ4n) is 3.47. The number of ether oxygens (including phenoxy) is 1. The molecule has 0 bridgehead atoms. The highest BCUT2D eigenvalue weighted by Crippen LogP contribution is 2.28. The van der Waals surface area contributed by atoms with Gasteiger partial charge in [-0.25, -0.2) is 0 Å². The third kappa shape index (κ3) is 4.11. The highest BCUT2D eigenvalue weighted by Gasteiger charge is 2.18. The van der Waals surface area contributed by atoms with Gasteiger partial charge in [-0.2, -0.15) is 0 Å². The molecule has 134 valence electrons. The summed E-state index contributed by atoms with van der Waals surface area (Å²) in [7, 11) is 1.68. The molecule has 1 saturated heterocycles. The third-order valence-corrected chi connectivity index (χ3v) is 4.83. The monoisotopic (exact) mass is 341 g/mol. The largest absolute Gasteiger partial charge is 0.379 e. The van der Waals surface area contributed by atoms with Crippen molar-refractivity contribution in [1.82, 2.24) is 14.8 Å². The molecule has 2 heterocycles. The van der Waals surface area contributed by atoms with Gasteiger partial charge in [-0.15, -0.1) is 0 Å². The second-order valence-corrected chi connectivity index (χ2v) is 6.46. The predicted octanol–water partition coefficient (Wildman–Crippen LogP) is 2.55. The molecular formula is C20H27N3O2. The molecule has 1 amide bonds. The maximum absolute atomic E-state index is 12.2. The van der Waals surface area contributed by atoms with Crippen LogP contribution in [-0.4, -0.2) is 55.3 Å². The number of carbonyl (C=O) groups is 1. The van der Waals surface area contributed by atoms with Crippen molar-refractivity contribution in [2.75, 3.05) is 39.9 Å². The van der Waals surface area contributed by atoms with Crippen LogP contribution in [0.15, 0.2) is 36.5 Å². The molecule has 25 heavy (non-hydrogen) atoms. The van der Waals surface area contributed by atoms with E-state index in [1.54, 1.807) is 7.05 Å². The van der Waals surface area contributed by atoms with E-state index in [0.29, 0.717) is 0 Å². The van der Waals surface area contributed by atoms with Gasteiger partial charge in [0.2, 0.25) is 0 Å². The summed E-state index contributed by atoms with van der Waals surface area (Å²) in [6, 6.07) is 10.3. The van der Waals surface area contributed by atoms with E-state index in [4.69, 9.17) is 4.74 Å². The van der Waals surface area contributed by atoms with Crippen molar-refractivity contribution in [1.29, 1.82) is 0 Å². The number of hydrogen-bond acceptors (Lipinski definition) is 3. The molecule has 1 aromatic heterocycles. The Morgan fingerprint density at radius 3 is 2.56 bits per heavy atom. The lowest BCUT2D eigenvalue weighted by Gasteiger charge is -2.26. The van der Waals surface area contributed by atoms with Crippen molar-refractivity contribution >= 4 is 5.91 Å². The highest BCUT2D eigenvalue weighted by atomic mass is 16.5. The lowest BCUT2D eigenvalue weighted by molar-refractivity contribution is 0.0369. The van der Waals surface area contributed by atoms with Crippen LogP contribution in [-0.2, 0) is 11.3 Å². The van der Waals surface area contributed by atoms with Crippen molar-refractivity contribution < 1.29 is 9.53 Å². The van der Waals surface area contributed by atoms with Crippen molar-refractivity contribution in [3.63, 3.8) is 0 Å². The van der Waals surface area contributed by atoms with Crippen molar-refractivity contribution in [3.05, 3.63) is 47.7 Å². The van der Waals surface area contributed by atoms with Crippen LogP contribution in [0.2, 0.25) is 0 Å². The summed E-state index contributed by atoms with van der Waals surface area (Å²) in [4.78, 5) is 14.7. The normalized spacial score (nSPS) is 15.3. The first-order valence-corrected chi connectivity index (χ1v) is 8.98. The summed E-state index contributed by atoms with van der Waals surface area (Å²) in [6.07, 6.45) is 3.05. The van der Waals surface area contributed by atoms with Gasteiger partial charge in [0.15, 0.2) is 0 Å². The number of rotatable bonds is 6. The van der Waals surface area contributed by atoms with E-state index in [1.807, 2.05) is 31.3 Å². The molecule has 1 aliphatic rings. The second-order valence-electron chi connectivity index (χ2n) is 6.46. The first kappa shape index (κ1) is 17.7. The quantitative estimate of drug-likeness (QED) is 0.878. The Morgan fingerprint density at radius 2 is 1.88 bits per heavy atom. The van der Waals surface area contributed by atoms with E-state index in [-0.39, 0.29) is 5.91 Å². The summed E-state index contributed by atoms with van der Waals surface area (Å²) in [6.45, 7) is 7.69. The topological polar surface area (TPSA) is 46.5 Å². The maximum atomic E-state index is 12.2. The molecule has 0 aliphatic carbocycles. The van der Waals surface area contributed by atoms with Crippen LogP contribution < -0.4 is 5.32 Å². The number of nitrogens with one attached hydrogen (secondary N) is 1. The molecule has 2 aromatic rings. The number of benzene rings is 1. The van der Waals surface area contributed by atoms with Crippen molar-refractivity contribution in [2.45, 2.75) is 19.9 Å². The summed E-state index contributed by atoms with van der Waals surface area (Å²) in [5, 5.41) is 2.75. The molecule has 1 aliphatic heterocycles. The Labute approximate surface area is 149 Å². The number of amides is 1. The summed E-state index contributed by atoms with van der Waals surface area (Å²) >= 11 is 0. The van der Waals surface area contributed by atoms with E-state index >= 15 is 0 Å². The minimum absolute atomic E-state index is 0.0263. The minimum Gasteiger partial charge on any atom is -0.379 e. The van der Waals surface area contributed by atoms with E-state index in [2.05, 4.69) is 26.9 Å². The fraction of sp³-hybridized carbons (Fsp3) is 0.450. The Morgan fingerprint density at radius 1 is 1.16 bits per heavy atom. The first-order chi connectivity index (χ1) is 12.2. The van der Waals surface area contributed by atoms with Gasteiger partial charge in [-0.05, 0) is 24.5 Å². The number of nitrogens with zero attached hydrogens (tertiary/aromatic N) is 2. The van der Waals surface area contributed by atoms with E-state index in [0.717, 1.165) is 68.2 Å². The Bertz CT molecular complexity index is 703. The Balaban J connectivity index is 1.80. The number of carbonyl (C=O) groups excluding carboxylic acids is 1. The molecule has 0 radical (unpaired) electrons. The van der Waals surface area contributed by atoms with Gasteiger partial charge < -0.3 is 14.6 Å². The number of hydrogen-bond donors (Lipinski definition) is 1. The minimum atomic E-state index is -0.0263. The molecule has 1 N–H and O–H groups in total. The van der Waals surface area contributed by atoms with Gasteiger partial charge in [0.25, 0.3) is 5.91 Å². The smallest absolute Gasteiger partial charge is 0.252 e. The van der Waals surface area contributed by atoms with Gasteiger partial charge in [-0.3, -0.25) is 9.69 Å². The van der Waals surface area contributed by atoms with E-state index in [9.17, 15) is 4.79 Å². The zero-order chi connectivity index (χ0) is 17.6. The first-order valence-electron chi connectivity index (χ1n) is 8.98. The fourth-order valence-corrected chi connectivity index (χ4v) is 3.47. The van der Waals surface area contributed by atoms with E-state index in [1.165, 1.54) is 0 Å². The van der Waals surface area contributed by atoms with Crippen LogP contribution in [0.5, 0.6) is 0 Å². The molecule has 3 rings (SSSR count). The third-order valence-electron chi connectivity index (χ3n) is 4.83. The van der Waals surface area contributed by atoms with Crippen LogP contribution in [0, 0.1) is 6.92 Å². The zero-order valence-electron chi connectivity index (χ0n) is 15.1. The summed E-state index contributed by atoms with van der Waals surface area (Å²) < 4.78 is 7.64. The molecule has 0 atom stereocenters. The standard InChI is InChI=1S/C20H27N3O2/c1-16-18(20(24)21-2)15-23(19(16)17-7-4-3-5-8-17)10-6-9-22-11-13-25-14-12-22/h3-5,7-8,15H,6,9-14H2,1-2H3,(H,21,24). The zero-order valence-corrected chi connectivity index (χ0v) is 15.1. The number of morpholine rings is 1. The average molecular weight is 341 g/mol. The molecule has 0 saturated carbocycles. The SMILES string of the molecule is CNC(=O)c1cn(CCCN2CCOCC2)c(-c2ccccc2)c1C. The van der Waals surface area contributed by atoms with Gasteiger partial charge in [-0.1, -0.05) is 30.3 Å². The number of aryl methyl sites for hydroxylation is 1. The van der Waals surface area contributed by atoms with Crippen LogP contribution in [0.4, 0.5) is 0 Å². The number of aromatic nitrogens is 1. The van der Waals surface area contributed by atoms with Gasteiger partial charge in [0, 0.05) is 39.4 Å². The molecule has 0 unspecified atom stereocenters. The Hall–Kier alpha value is -2.11. The molecule has 5 nitrogen and oxygen atoms in total. The van der Waals surface area contributed by atoms with E-state index < -0.39 is 0 Å². The molecular weight excluding hydrogens is 314 g/mol. The van der Waals surface area contributed by atoms with Crippen molar-refractivity contribution in [3.8, 4) is 11.3 Å². The molecule has 1 fully saturated rings. The average Bonchev–Trinajstić information content (AvgIpc) is 2.99. The lowest BCUT2D eigenvalue weighted by Crippen LogP contribution is -2.37. The molecule has 0 spiro atoms. The second kappa shape index (κ2) is 8.32.